The summed E-state index contributed by atoms with van der Waals surface area (Å²) in [5.41, 5.74) is 0. The molecule has 244 valence electrons. The maximum absolute atomic E-state index is 6.68. The molecule has 1 aromatic heterocycles. The second-order valence-corrected chi connectivity index (χ2v) is 13.7. The van der Waals surface area contributed by atoms with E-state index in [9.17, 15) is 0 Å². The molecule has 0 radical (unpaired) electrons. The predicted molar refractivity (Wildman–Crippen MR) is 174 cm³/mol. The third kappa shape index (κ3) is 9.86. The highest BCUT2D eigenvalue weighted by molar-refractivity contribution is 6.28. The molecule has 0 bridgehead atoms. The maximum Gasteiger partial charge on any atom is 0.231 e. The summed E-state index contributed by atoms with van der Waals surface area (Å²) in [5.74, 6) is 1.49. The van der Waals surface area contributed by atoms with Gasteiger partial charge in [0, 0.05) is 51.4 Å². The van der Waals surface area contributed by atoms with Crippen molar-refractivity contribution in [2.45, 2.75) is 154 Å². The van der Waals surface area contributed by atoms with Gasteiger partial charge in [-0.25, -0.2) is 0 Å². The fraction of sp³-hybridized carbons (Fsp3) is 0.909. The lowest BCUT2D eigenvalue weighted by atomic mass is 9.98. The van der Waals surface area contributed by atoms with E-state index >= 15 is 0 Å². The van der Waals surface area contributed by atoms with Gasteiger partial charge in [-0.15, -0.1) is 0 Å². The van der Waals surface area contributed by atoms with E-state index in [0.717, 1.165) is 103 Å². The average molecular weight is 620 g/mol. The Morgan fingerprint density at radius 2 is 1.00 bits per heavy atom. The van der Waals surface area contributed by atoms with E-state index < -0.39 is 0 Å². The van der Waals surface area contributed by atoms with Gasteiger partial charge < -0.3 is 9.80 Å². The van der Waals surface area contributed by atoms with Gasteiger partial charge in [-0.05, 0) is 75.8 Å². The highest BCUT2D eigenvalue weighted by Gasteiger charge is 2.32. The number of halogens is 1. The minimum Gasteiger partial charge on any atom is -0.338 e. The lowest BCUT2D eigenvalue weighted by Gasteiger charge is -2.41. The molecular formula is C33H58ClN7O2. The molecule has 4 aliphatic rings. The molecule has 3 heterocycles. The summed E-state index contributed by atoms with van der Waals surface area (Å²) in [6.45, 7) is 10.2. The molecule has 0 atom stereocenters. The Balaban J connectivity index is 1.24. The predicted octanol–water partition coefficient (Wildman–Crippen LogP) is 7.20. The fourth-order valence-electron chi connectivity index (χ4n) is 7.42. The molecule has 9 nitrogen and oxygen atoms in total. The number of anilines is 2. The highest BCUT2D eigenvalue weighted by Crippen LogP contribution is 2.30. The third-order valence-corrected chi connectivity index (χ3v) is 10.2. The van der Waals surface area contributed by atoms with Crippen molar-refractivity contribution in [2.24, 2.45) is 0 Å². The van der Waals surface area contributed by atoms with E-state index in [1.807, 2.05) is 0 Å². The molecule has 2 aliphatic heterocycles. The number of hydrogen-bond acceptors (Lipinski definition) is 9. The van der Waals surface area contributed by atoms with Crippen LogP contribution in [-0.2, 0) is 9.68 Å². The Morgan fingerprint density at radius 1 is 0.605 bits per heavy atom. The molecule has 4 fully saturated rings. The van der Waals surface area contributed by atoms with Gasteiger partial charge in [0.1, 0.15) is 0 Å². The topological polar surface area (TPSA) is 70.1 Å². The molecule has 0 unspecified atom stereocenters. The molecule has 5 rings (SSSR count). The third-order valence-electron chi connectivity index (χ3n) is 10.0. The van der Waals surface area contributed by atoms with E-state index in [1.54, 1.807) is 0 Å². The zero-order valence-corrected chi connectivity index (χ0v) is 27.9. The Hall–Kier alpha value is -1.26. The van der Waals surface area contributed by atoms with Crippen LogP contribution in [0.4, 0.5) is 11.9 Å². The molecule has 1 aromatic rings. The minimum absolute atomic E-state index is 0.305. The van der Waals surface area contributed by atoms with Gasteiger partial charge in [0.05, 0.1) is 12.2 Å². The van der Waals surface area contributed by atoms with Crippen LogP contribution in [0.5, 0.6) is 0 Å². The van der Waals surface area contributed by atoms with Crippen molar-refractivity contribution < 1.29 is 9.68 Å². The first-order valence-electron chi connectivity index (χ1n) is 17.9. The summed E-state index contributed by atoms with van der Waals surface area (Å²) in [4.78, 5) is 32.3. The van der Waals surface area contributed by atoms with E-state index in [4.69, 9.17) is 36.2 Å². The maximum atomic E-state index is 6.68. The van der Waals surface area contributed by atoms with Gasteiger partial charge in [0.15, 0.2) is 0 Å². The Labute approximate surface area is 265 Å². The van der Waals surface area contributed by atoms with Crippen molar-refractivity contribution in [1.82, 2.24) is 25.1 Å². The van der Waals surface area contributed by atoms with E-state index in [1.165, 1.54) is 64.2 Å². The lowest BCUT2D eigenvalue weighted by molar-refractivity contribution is -0.213. The van der Waals surface area contributed by atoms with Crippen LogP contribution in [0, 0.1) is 0 Å². The van der Waals surface area contributed by atoms with Crippen molar-refractivity contribution in [3.63, 3.8) is 0 Å². The van der Waals surface area contributed by atoms with Crippen molar-refractivity contribution >= 4 is 23.5 Å². The molecule has 2 aliphatic carbocycles. The average Bonchev–Trinajstić information content (AvgIpc) is 3.04. The van der Waals surface area contributed by atoms with Gasteiger partial charge in [-0.1, -0.05) is 65.2 Å². The number of nitrogens with zero attached hydrogens (tertiary/aromatic N) is 7. The number of hydrogen-bond donors (Lipinski definition) is 0. The van der Waals surface area contributed by atoms with Crippen molar-refractivity contribution in [3.8, 4) is 0 Å². The first-order chi connectivity index (χ1) is 21.1. The van der Waals surface area contributed by atoms with Crippen LogP contribution >= 0.6 is 11.6 Å². The van der Waals surface area contributed by atoms with Gasteiger partial charge in [0.25, 0.3) is 0 Å². The smallest absolute Gasteiger partial charge is 0.231 e. The molecule has 0 N–H and O–H groups in total. The van der Waals surface area contributed by atoms with Gasteiger partial charge in [-0.3, -0.25) is 9.68 Å². The quantitative estimate of drug-likeness (QED) is 0.215. The normalized spacial score (nSPS) is 22.7. The lowest BCUT2D eigenvalue weighted by Crippen LogP contribution is -2.48. The SMILES string of the molecule is CCCCN(c1nc(Cl)nc(N(CCCC)C2CCN(OC3CCCCC3)CC2)n1)C1CCN(OC2CCCCC2)CC1. The molecule has 0 aromatic carbocycles. The van der Waals surface area contributed by atoms with Gasteiger partial charge >= 0.3 is 0 Å². The summed E-state index contributed by atoms with van der Waals surface area (Å²) < 4.78 is 0. The summed E-state index contributed by atoms with van der Waals surface area (Å²) in [5, 5.41) is 4.76. The number of aromatic nitrogens is 3. The van der Waals surface area contributed by atoms with Gasteiger partial charge in [0.2, 0.25) is 17.2 Å². The Kier molecular flexibility index (Phi) is 13.4. The minimum atomic E-state index is 0.305. The van der Waals surface area contributed by atoms with Crippen LogP contribution in [0.1, 0.15) is 129 Å². The van der Waals surface area contributed by atoms with Gasteiger partial charge in [-0.2, -0.15) is 25.1 Å². The molecular weight excluding hydrogens is 562 g/mol. The van der Waals surface area contributed by atoms with Crippen LogP contribution in [0.2, 0.25) is 5.28 Å². The van der Waals surface area contributed by atoms with Crippen molar-refractivity contribution in [2.75, 3.05) is 49.1 Å². The fourth-order valence-corrected chi connectivity index (χ4v) is 7.57. The zero-order valence-electron chi connectivity index (χ0n) is 27.1. The summed E-state index contributed by atoms with van der Waals surface area (Å²) in [6.07, 6.45) is 22.2. The zero-order chi connectivity index (χ0) is 29.9. The molecule has 2 saturated carbocycles. The van der Waals surface area contributed by atoms with Crippen LogP contribution < -0.4 is 9.80 Å². The standard InChI is InChI=1S/C33H58ClN7O2/c1-3-5-21-40(27-17-23-38(24-18-27)42-29-13-9-7-10-14-29)32-35-31(34)36-33(37-32)41(22-6-4-2)28-19-25-39(26-20-28)43-30-15-11-8-12-16-30/h27-30H,3-26H2,1-2H3. The molecule has 2 saturated heterocycles. The first-order valence-corrected chi connectivity index (χ1v) is 18.3. The number of hydroxylamine groups is 4. The summed E-state index contributed by atoms with van der Waals surface area (Å²) in [6, 6.07) is 0.765. The molecule has 0 amide bonds. The second-order valence-electron chi connectivity index (χ2n) is 13.3. The summed E-state index contributed by atoms with van der Waals surface area (Å²) >= 11 is 6.68. The van der Waals surface area contributed by atoms with Crippen molar-refractivity contribution in [3.05, 3.63) is 5.28 Å². The summed E-state index contributed by atoms with van der Waals surface area (Å²) in [7, 11) is 0. The van der Waals surface area contributed by atoms with Crippen molar-refractivity contribution in [1.29, 1.82) is 0 Å². The first kappa shape index (κ1) is 33.1. The number of rotatable bonds is 14. The highest BCUT2D eigenvalue weighted by atomic mass is 35.5. The van der Waals surface area contributed by atoms with Crippen LogP contribution in [0.25, 0.3) is 0 Å². The van der Waals surface area contributed by atoms with E-state index in [2.05, 4.69) is 33.8 Å². The Bertz CT molecular complexity index is 860. The van der Waals surface area contributed by atoms with Crippen LogP contribution in [0.15, 0.2) is 0 Å². The molecule has 43 heavy (non-hydrogen) atoms. The number of piperidine rings is 2. The number of unbranched alkanes of at least 4 members (excludes halogenated alkanes) is 2. The van der Waals surface area contributed by atoms with Crippen LogP contribution in [-0.4, -0.2) is 88.6 Å². The Morgan fingerprint density at radius 3 is 1.37 bits per heavy atom. The largest absolute Gasteiger partial charge is 0.338 e. The van der Waals surface area contributed by atoms with Crippen LogP contribution in [0.3, 0.4) is 0 Å². The van der Waals surface area contributed by atoms with E-state index in [0.29, 0.717) is 29.6 Å². The molecule has 10 heteroatoms. The molecule has 0 spiro atoms. The van der Waals surface area contributed by atoms with E-state index in [-0.39, 0.29) is 0 Å². The monoisotopic (exact) mass is 619 g/mol. The second kappa shape index (κ2) is 17.4.